The number of aryl methyl sites for hydroxylation is 1. The monoisotopic (exact) mass is 401 g/mol. The topological polar surface area (TPSA) is 107 Å². The molecule has 0 radical (unpaired) electrons. The first-order valence-electron chi connectivity index (χ1n) is 9.38. The van der Waals surface area contributed by atoms with Crippen LogP contribution in [0.1, 0.15) is 29.9 Å². The summed E-state index contributed by atoms with van der Waals surface area (Å²) in [5, 5.41) is 13.4. The van der Waals surface area contributed by atoms with E-state index in [9.17, 15) is 9.59 Å². The smallest absolute Gasteiger partial charge is 0.267 e. The van der Waals surface area contributed by atoms with Crippen LogP contribution in [0.15, 0.2) is 71.1 Å². The lowest BCUT2D eigenvalue weighted by atomic mass is 10.1. The van der Waals surface area contributed by atoms with E-state index in [-0.39, 0.29) is 11.3 Å². The van der Waals surface area contributed by atoms with E-state index in [4.69, 9.17) is 0 Å². The highest BCUT2D eigenvalue weighted by Gasteiger charge is 2.16. The van der Waals surface area contributed by atoms with Crippen LogP contribution in [0.2, 0.25) is 0 Å². The molecule has 0 bridgehead atoms. The zero-order valence-electron chi connectivity index (χ0n) is 16.5. The highest BCUT2D eigenvalue weighted by Crippen LogP contribution is 2.13. The van der Waals surface area contributed by atoms with Gasteiger partial charge in [-0.15, -0.1) is 0 Å². The number of benzene rings is 2. The van der Waals surface area contributed by atoms with Crippen molar-refractivity contribution in [1.29, 1.82) is 0 Å². The van der Waals surface area contributed by atoms with Crippen molar-refractivity contribution in [1.82, 2.24) is 30.0 Å². The van der Waals surface area contributed by atoms with Crippen molar-refractivity contribution in [2.45, 2.75) is 20.4 Å². The van der Waals surface area contributed by atoms with Crippen LogP contribution in [0.3, 0.4) is 0 Å². The van der Waals surface area contributed by atoms with Crippen LogP contribution < -0.4 is 11.0 Å². The van der Waals surface area contributed by atoms with Gasteiger partial charge in [0.25, 0.3) is 11.5 Å². The van der Waals surface area contributed by atoms with Crippen molar-refractivity contribution in [2.75, 3.05) is 0 Å². The molecule has 0 saturated carbocycles. The summed E-state index contributed by atoms with van der Waals surface area (Å²) in [6.07, 6.45) is 3.08. The molecule has 1 amide bonds. The standard InChI is InChI=1S/C21H19N7O2/c1-3-27-21(30)18-7-5-4-6-17(18)19(26-27)20(29)25-24-14(2)15-8-10-16(11-9-15)28-13-22-12-23-28/h4-13H,3H2,1-2H3,(H,25,29)/b24-14+. The Morgan fingerprint density at radius 2 is 1.83 bits per heavy atom. The van der Waals surface area contributed by atoms with E-state index in [2.05, 4.69) is 25.7 Å². The molecular weight excluding hydrogens is 382 g/mol. The zero-order valence-corrected chi connectivity index (χ0v) is 16.5. The molecule has 0 unspecified atom stereocenters. The Bertz CT molecular complexity index is 1290. The number of hydrogen-bond acceptors (Lipinski definition) is 6. The van der Waals surface area contributed by atoms with E-state index in [1.165, 1.54) is 11.0 Å². The van der Waals surface area contributed by atoms with Gasteiger partial charge in [0.1, 0.15) is 12.7 Å². The molecule has 0 atom stereocenters. The predicted molar refractivity (Wildman–Crippen MR) is 113 cm³/mol. The summed E-state index contributed by atoms with van der Waals surface area (Å²) in [5.41, 5.74) is 4.81. The first kappa shape index (κ1) is 19.2. The van der Waals surface area contributed by atoms with Gasteiger partial charge in [-0.1, -0.05) is 30.3 Å². The minimum atomic E-state index is -0.480. The molecule has 1 N–H and O–H groups in total. The summed E-state index contributed by atoms with van der Waals surface area (Å²) in [4.78, 5) is 29.1. The summed E-state index contributed by atoms with van der Waals surface area (Å²) in [5.74, 6) is -0.480. The lowest BCUT2D eigenvalue weighted by Crippen LogP contribution is -2.28. The first-order valence-corrected chi connectivity index (χ1v) is 9.38. The van der Waals surface area contributed by atoms with Gasteiger partial charge in [-0.05, 0) is 37.6 Å². The number of nitrogens with one attached hydrogen (secondary N) is 1. The van der Waals surface area contributed by atoms with Gasteiger partial charge in [0.05, 0.1) is 16.8 Å². The van der Waals surface area contributed by atoms with E-state index in [0.717, 1.165) is 11.3 Å². The lowest BCUT2D eigenvalue weighted by Gasteiger charge is -2.09. The van der Waals surface area contributed by atoms with Gasteiger partial charge in [0.2, 0.25) is 0 Å². The maximum absolute atomic E-state index is 12.8. The fourth-order valence-corrected chi connectivity index (χ4v) is 3.07. The number of fused-ring (bicyclic) bond motifs is 1. The molecule has 2 aromatic heterocycles. The maximum atomic E-state index is 12.8. The second kappa shape index (κ2) is 8.08. The average Bonchev–Trinajstić information content (AvgIpc) is 3.33. The predicted octanol–water partition coefficient (Wildman–Crippen LogP) is 2.15. The van der Waals surface area contributed by atoms with Crippen molar-refractivity contribution in [2.24, 2.45) is 5.10 Å². The Hall–Kier alpha value is -4.14. The molecule has 2 heterocycles. The molecule has 4 aromatic rings. The summed E-state index contributed by atoms with van der Waals surface area (Å²) < 4.78 is 2.92. The van der Waals surface area contributed by atoms with Crippen LogP contribution in [-0.2, 0) is 6.54 Å². The fraction of sp³-hybridized carbons (Fsp3) is 0.143. The summed E-state index contributed by atoms with van der Waals surface area (Å²) in [6.45, 7) is 3.96. The highest BCUT2D eigenvalue weighted by molar-refractivity contribution is 6.06. The number of rotatable bonds is 5. The van der Waals surface area contributed by atoms with Gasteiger partial charge in [-0.3, -0.25) is 9.59 Å². The average molecular weight is 401 g/mol. The highest BCUT2D eigenvalue weighted by atomic mass is 16.2. The van der Waals surface area contributed by atoms with Gasteiger partial charge < -0.3 is 0 Å². The Morgan fingerprint density at radius 1 is 1.10 bits per heavy atom. The maximum Gasteiger partial charge on any atom is 0.292 e. The number of hydrogen-bond donors (Lipinski definition) is 1. The van der Waals surface area contributed by atoms with Gasteiger partial charge in [0.15, 0.2) is 5.69 Å². The second-order valence-corrected chi connectivity index (χ2v) is 6.54. The van der Waals surface area contributed by atoms with Crippen LogP contribution >= 0.6 is 0 Å². The Morgan fingerprint density at radius 3 is 2.50 bits per heavy atom. The van der Waals surface area contributed by atoms with E-state index in [1.54, 1.807) is 49.1 Å². The Labute approximate surface area is 171 Å². The van der Waals surface area contributed by atoms with Crippen LogP contribution in [0, 0.1) is 0 Å². The normalized spacial score (nSPS) is 11.6. The Kier molecular flexibility index (Phi) is 5.17. The van der Waals surface area contributed by atoms with Crippen LogP contribution in [0.4, 0.5) is 0 Å². The van der Waals surface area contributed by atoms with Crippen LogP contribution in [0.5, 0.6) is 0 Å². The number of nitrogens with zero attached hydrogens (tertiary/aromatic N) is 6. The number of carbonyl (C=O) groups is 1. The van der Waals surface area contributed by atoms with Crippen molar-refractivity contribution in [3.05, 3.63) is 82.8 Å². The molecule has 30 heavy (non-hydrogen) atoms. The minimum Gasteiger partial charge on any atom is -0.267 e. The molecule has 2 aromatic carbocycles. The molecule has 4 rings (SSSR count). The van der Waals surface area contributed by atoms with Gasteiger partial charge in [-0.25, -0.2) is 19.8 Å². The molecular formula is C21H19N7O2. The first-order chi connectivity index (χ1) is 14.6. The van der Waals surface area contributed by atoms with Gasteiger partial charge in [-0.2, -0.15) is 15.3 Å². The lowest BCUT2D eigenvalue weighted by molar-refractivity contribution is 0.0949. The van der Waals surface area contributed by atoms with E-state index >= 15 is 0 Å². The third kappa shape index (κ3) is 3.60. The summed E-state index contributed by atoms with van der Waals surface area (Å²) >= 11 is 0. The molecule has 0 spiro atoms. The van der Waals surface area contributed by atoms with E-state index in [0.29, 0.717) is 23.0 Å². The van der Waals surface area contributed by atoms with Crippen LogP contribution in [0.25, 0.3) is 16.5 Å². The zero-order chi connectivity index (χ0) is 21.1. The Balaban J connectivity index is 1.59. The number of carbonyl (C=O) groups excluding carboxylic acids is 1. The molecule has 0 aliphatic carbocycles. The van der Waals surface area contributed by atoms with E-state index in [1.807, 2.05) is 24.3 Å². The number of aromatic nitrogens is 5. The van der Waals surface area contributed by atoms with Gasteiger partial charge >= 0.3 is 0 Å². The van der Waals surface area contributed by atoms with Crippen molar-refractivity contribution in [3.8, 4) is 5.69 Å². The quantitative estimate of drug-likeness (QED) is 0.407. The third-order valence-corrected chi connectivity index (χ3v) is 4.68. The van der Waals surface area contributed by atoms with E-state index < -0.39 is 5.91 Å². The fourth-order valence-electron chi connectivity index (χ4n) is 3.07. The van der Waals surface area contributed by atoms with Crippen molar-refractivity contribution in [3.63, 3.8) is 0 Å². The summed E-state index contributed by atoms with van der Waals surface area (Å²) in [6, 6.07) is 14.5. The van der Waals surface area contributed by atoms with Crippen molar-refractivity contribution >= 4 is 22.4 Å². The number of hydrazone groups is 1. The molecule has 0 aliphatic rings. The summed E-state index contributed by atoms with van der Waals surface area (Å²) in [7, 11) is 0. The minimum absolute atomic E-state index is 0.158. The van der Waals surface area contributed by atoms with Crippen molar-refractivity contribution < 1.29 is 4.79 Å². The molecule has 0 fully saturated rings. The molecule has 150 valence electrons. The molecule has 0 saturated heterocycles. The molecule has 9 heteroatoms. The number of amides is 1. The second-order valence-electron chi connectivity index (χ2n) is 6.54. The SMILES string of the molecule is CCn1nc(C(=O)N/N=C(\C)c2ccc(-n3cncn3)cc2)c2ccccc2c1=O. The third-order valence-electron chi connectivity index (χ3n) is 4.68. The van der Waals surface area contributed by atoms with Gasteiger partial charge in [0, 0.05) is 11.9 Å². The molecule has 0 aliphatic heterocycles. The van der Waals surface area contributed by atoms with Crippen LogP contribution in [-0.4, -0.2) is 36.2 Å². The largest absolute Gasteiger partial charge is 0.292 e. The molecule has 9 nitrogen and oxygen atoms in total.